The molecule has 1 aromatic carbocycles. The van der Waals surface area contributed by atoms with Gasteiger partial charge in [0.25, 0.3) is 5.56 Å². The fourth-order valence-corrected chi connectivity index (χ4v) is 2.53. The van der Waals surface area contributed by atoms with Crippen LogP contribution in [0.5, 0.6) is 11.5 Å². The number of hydrogen-bond acceptors (Lipinski definition) is 7. The number of anilines is 1. The first-order valence-electron chi connectivity index (χ1n) is 8.63. The molecular formula is C19H19FN4O4. The average molecular weight is 386 g/mol. The van der Waals surface area contributed by atoms with Crippen molar-refractivity contribution in [3.63, 3.8) is 0 Å². The lowest BCUT2D eigenvalue weighted by atomic mass is 10.3. The van der Waals surface area contributed by atoms with Gasteiger partial charge in [-0.25, -0.2) is 14.2 Å². The Labute approximate surface area is 159 Å². The van der Waals surface area contributed by atoms with E-state index >= 15 is 0 Å². The van der Waals surface area contributed by atoms with Crippen molar-refractivity contribution in [3.8, 4) is 11.5 Å². The largest absolute Gasteiger partial charge is 0.464 e. The Bertz CT molecular complexity index is 1080. The SMILES string of the molecule is CCOC(=O)[C@H](C)Nc1ncc2cc(Oc3ccccc3F)c(=O)n(C)c2n1. The molecule has 0 aliphatic rings. The molecule has 3 rings (SSSR count). The minimum absolute atomic E-state index is 0.0516. The second-order valence-corrected chi connectivity index (χ2v) is 6.00. The van der Waals surface area contributed by atoms with E-state index in [4.69, 9.17) is 9.47 Å². The van der Waals surface area contributed by atoms with Gasteiger partial charge in [0.15, 0.2) is 17.3 Å². The van der Waals surface area contributed by atoms with Crippen molar-refractivity contribution < 1.29 is 18.7 Å². The van der Waals surface area contributed by atoms with Crippen LogP contribution in [0.2, 0.25) is 0 Å². The van der Waals surface area contributed by atoms with E-state index in [-0.39, 0.29) is 24.1 Å². The van der Waals surface area contributed by atoms with E-state index < -0.39 is 23.4 Å². The molecule has 0 spiro atoms. The highest BCUT2D eigenvalue weighted by atomic mass is 19.1. The van der Waals surface area contributed by atoms with Crippen LogP contribution in [0.1, 0.15) is 13.8 Å². The van der Waals surface area contributed by atoms with Gasteiger partial charge in [0.05, 0.1) is 6.61 Å². The third-order valence-electron chi connectivity index (χ3n) is 3.96. The van der Waals surface area contributed by atoms with Gasteiger partial charge in [-0.15, -0.1) is 0 Å². The number of carbonyl (C=O) groups excluding carboxylic acids is 1. The van der Waals surface area contributed by atoms with Crippen molar-refractivity contribution in [2.24, 2.45) is 7.05 Å². The molecule has 8 nitrogen and oxygen atoms in total. The van der Waals surface area contributed by atoms with Crippen LogP contribution >= 0.6 is 0 Å². The van der Waals surface area contributed by atoms with Gasteiger partial charge in [-0.2, -0.15) is 4.98 Å². The summed E-state index contributed by atoms with van der Waals surface area (Å²) in [5.74, 6) is -0.946. The van der Waals surface area contributed by atoms with Crippen LogP contribution in [0.15, 0.2) is 41.3 Å². The fourth-order valence-electron chi connectivity index (χ4n) is 2.53. The number of aryl methyl sites for hydroxylation is 1. The summed E-state index contributed by atoms with van der Waals surface area (Å²) in [5.41, 5.74) is -0.154. The van der Waals surface area contributed by atoms with E-state index in [0.717, 1.165) is 0 Å². The molecule has 1 N–H and O–H groups in total. The van der Waals surface area contributed by atoms with Crippen LogP contribution in [-0.4, -0.2) is 33.2 Å². The van der Waals surface area contributed by atoms with Crippen molar-refractivity contribution in [2.75, 3.05) is 11.9 Å². The second kappa shape index (κ2) is 8.03. The number of para-hydroxylation sites is 1. The molecule has 3 aromatic rings. The molecule has 0 aliphatic heterocycles. The van der Waals surface area contributed by atoms with Crippen molar-refractivity contribution in [2.45, 2.75) is 19.9 Å². The van der Waals surface area contributed by atoms with Gasteiger partial charge in [-0.3, -0.25) is 9.36 Å². The smallest absolute Gasteiger partial charge is 0.328 e. The zero-order chi connectivity index (χ0) is 20.3. The monoisotopic (exact) mass is 386 g/mol. The summed E-state index contributed by atoms with van der Waals surface area (Å²) in [6.45, 7) is 3.60. The van der Waals surface area contributed by atoms with Gasteiger partial charge >= 0.3 is 5.97 Å². The normalized spacial score (nSPS) is 11.9. The van der Waals surface area contributed by atoms with E-state index in [1.807, 2.05) is 0 Å². The number of aromatic nitrogens is 3. The number of nitrogens with one attached hydrogen (secondary N) is 1. The molecule has 28 heavy (non-hydrogen) atoms. The number of carbonyl (C=O) groups is 1. The minimum atomic E-state index is -0.655. The molecule has 0 radical (unpaired) electrons. The molecule has 0 unspecified atom stereocenters. The highest BCUT2D eigenvalue weighted by molar-refractivity contribution is 5.80. The number of hydrogen-bond donors (Lipinski definition) is 1. The Morgan fingerprint density at radius 2 is 2.07 bits per heavy atom. The maximum atomic E-state index is 13.8. The number of nitrogens with zero attached hydrogens (tertiary/aromatic N) is 3. The summed E-state index contributed by atoms with van der Waals surface area (Å²) in [6.07, 6.45) is 1.48. The van der Waals surface area contributed by atoms with Gasteiger partial charge in [0.1, 0.15) is 11.7 Å². The Hall–Kier alpha value is -3.49. The first-order valence-corrected chi connectivity index (χ1v) is 8.63. The molecule has 1 atom stereocenters. The van der Waals surface area contributed by atoms with Crippen molar-refractivity contribution in [1.82, 2.24) is 14.5 Å². The van der Waals surface area contributed by atoms with Crippen LogP contribution in [0.4, 0.5) is 10.3 Å². The Kier molecular flexibility index (Phi) is 5.53. The molecule has 0 bridgehead atoms. The molecule has 0 saturated carbocycles. The fraction of sp³-hybridized carbons (Fsp3) is 0.263. The maximum absolute atomic E-state index is 13.8. The van der Waals surface area contributed by atoms with E-state index in [0.29, 0.717) is 11.0 Å². The average Bonchev–Trinajstić information content (AvgIpc) is 2.68. The van der Waals surface area contributed by atoms with Crippen LogP contribution < -0.4 is 15.6 Å². The van der Waals surface area contributed by atoms with Crippen LogP contribution in [-0.2, 0) is 16.6 Å². The summed E-state index contributed by atoms with van der Waals surface area (Å²) < 4.78 is 25.5. The minimum Gasteiger partial charge on any atom is -0.464 e. The third-order valence-corrected chi connectivity index (χ3v) is 3.96. The lowest BCUT2D eigenvalue weighted by Crippen LogP contribution is -2.29. The first-order chi connectivity index (χ1) is 13.4. The highest BCUT2D eigenvalue weighted by Crippen LogP contribution is 2.24. The van der Waals surface area contributed by atoms with E-state index in [1.54, 1.807) is 19.9 Å². The Morgan fingerprint density at radius 1 is 1.32 bits per heavy atom. The van der Waals surface area contributed by atoms with Crippen LogP contribution in [0.3, 0.4) is 0 Å². The number of halogens is 1. The second-order valence-electron chi connectivity index (χ2n) is 6.00. The molecule has 146 valence electrons. The van der Waals surface area contributed by atoms with E-state index in [1.165, 1.54) is 42.1 Å². The summed E-state index contributed by atoms with van der Waals surface area (Å²) >= 11 is 0. The third kappa shape index (κ3) is 3.93. The van der Waals surface area contributed by atoms with Gasteiger partial charge < -0.3 is 14.8 Å². The molecule has 2 heterocycles. The lowest BCUT2D eigenvalue weighted by molar-refractivity contribution is -0.143. The van der Waals surface area contributed by atoms with Crippen LogP contribution in [0, 0.1) is 5.82 Å². The summed E-state index contributed by atoms with van der Waals surface area (Å²) in [7, 11) is 1.52. The molecule has 0 fully saturated rings. The molecule has 9 heteroatoms. The van der Waals surface area contributed by atoms with Crippen molar-refractivity contribution >= 4 is 23.0 Å². The molecule has 0 aliphatic carbocycles. The van der Waals surface area contributed by atoms with E-state index in [9.17, 15) is 14.0 Å². The standard InChI is InChI=1S/C19H19FN4O4/c1-4-27-18(26)11(2)22-19-21-10-12-9-15(17(25)24(3)16(12)23-19)28-14-8-6-5-7-13(14)20/h5-11H,4H2,1-3H3,(H,21,22,23)/t11-/m0/s1. The molecule has 2 aromatic heterocycles. The number of esters is 1. The number of benzene rings is 1. The van der Waals surface area contributed by atoms with Crippen LogP contribution in [0.25, 0.3) is 11.0 Å². The topological polar surface area (TPSA) is 95.3 Å². The Balaban J connectivity index is 1.93. The molecule has 0 amide bonds. The van der Waals surface area contributed by atoms with Crippen molar-refractivity contribution in [1.29, 1.82) is 0 Å². The molecule has 0 saturated heterocycles. The van der Waals surface area contributed by atoms with Crippen molar-refractivity contribution in [3.05, 3.63) is 52.7 Å². The van der Waals surface area contributed by atoms with Gasteiger partial charge in [0, 0.05) is 18.6 Å². The maximum Gasteiger partial charge on any atom is 0.328 e. The summed E-state index contributed by atoms with van der Waals surface area (Å²) in [6, 6.07) is 6.60. The Morgan fingerprint density at radius 3 is 2.79 bits per heavy atom. The number of rotatable bonds is 6. The lowest BCUT2D eigenvalue weighted by Gasteiger charge is -2.14. The van der Waals surface area contributed by atoms with Gasteiger partial charge in [-0.1, -0.05) is 12.1 Å². The molecular weight excluding hydrogens is 367 g/mol. The quantitative estimate of drug-likeness (QED) is 0.651. The van der Waals surface area contributed by atoms with E-state index in [2.05, 4.69) is 15.3 Å². The zero-order valence-electron chi connectivity index (χ0n) is 15.6. The number of fused-ring (bicyclic) bond motifs is 1. The highest BCUT2D eigenvalue weighted by Gasteiger charge is 2.17. The number of ether oxygens (including phenoxy) is 2. The predicted molar refractivity (Wildman–Crippen MR) is 101 cm³/mol. The summed E-state index contributed by atoms with van der Waals surface area (Å²) in [5, 5.41) is 3.35. The van der Waals surface area contributed by atoms with Gasteiger partial charge in [-0.05, 0) is 32.0 Å². The number of pyridine rings is 1. The summed E-state index contributed by atoms with van der Waals surface area (Å²) in [4.78, 5) is 32.8. The first kappa shape index (κ1) is 19.3. The predicted octanol–water partition coefficient (Wildman–Crippen LogP) is 2.62. The van der Waals surface area contributed by atoms with Gasteiger partial charge in [0.2, 0.25) is 5.95 Å². The zero-order valence-corrected chi connectivity index (χ0v) is 15.6.